The largest absolute Gasteiger partial charge is 0.473 e. The summed E-state index contributed by atoms with van der Waals surface area (Å²) in [5, 5.41) is 7.95. The highest BCUT2D eigenvalue weighted by molar-refractivity contribution is 9.10. The number of rotatable bonds is 5. The van der Waals surface area contributed by atoms with E-state index in [4.69, 9.17) is 4.74 Å². The highest BCUT2D eigenvalue weighted by Crippen LogP contribution is 2.35. The summed E-state index contributed by atoms with van der Waals surface area (Å²) in [5.41, 5.74) is 0.520. The van der Waals surface area contributed by atoms with Crippen LogP contribution in [0.1, 0.15) is 18.9 Å². The van der Waals surface area contributed by atoms with Gasteiger partial charge in [-0.3, -0.25) is 14.9 Å². The third kappa shape index (κ3) is 3.89. The zero-order valence-corrected chi connectivity index (χ0v) is 16.9. The minimum Gasteiger partial charge on any atom is -0.473 e. The van der Waals surface area contributed by atoms with Crippen LogP contribution in [-0.2, 0) is 11.3 Å². The summed E-state index contributed by atoms with van der Waals surface area (Å²) in [6.07, 6.45) is 4.23. The third-order valence-electron chi connectivity index (χ3n) is 4.51. The van der Waals surface area contributed by atoms with Crippen LogP contribution in [0.25, 0.3) is 10.8 Å². The van der Waals surface area contributed by atoms with Crippen molar-refractivity contribution in [2.75, 3.05) is 5.32 Å². The number of carbonyl (C=O) groups excluding carboxylic acids is 1. The van der Waals surface area contributed by atoms with Gasteiger partial charge in [0.2, 0.25) is 17.7 Å². The molecule has 0 aliphatic heterocycles. The fourth-order valence-electron chi connectivity index (χ4n) is 2.77. The number of halogens is 1. The molecule has 1 aromatic carbocycles. The van der Waals surface area contributed by atoms with E-state index in [1.807, 2.05) is 6.92 Å². The molecule has 4 rings (SSSR count). The minimum atomic E-state index is -0.444. The predicted molar refractivity (Wildman–Crippen MR) is 107 cm³/mol. The highest BCUT2D eigenvalue weighted by Gasteiger charge is 2.36. The number of hydrogen-bond donors (Lipinski definition) is 1. The molecule has 1 saturated carbocycles. The van der Waals surface area contributed by atoms with Crippen molar-refractivity contribution in [1.82, 2.24) is 19.7 Å². The summed E-state index contributed by atoms with van der Waals surface area (Å²) >= 11 is 3.42. The fourth-order valence-corrected chi connectivity index (χ4v) is 3.14. The monoisotopic (exact) mass is 443 g/mol. The number of nitrogens with zero attached hydrogens (tertiary/aromatic N) is 4. The van der Waals surface area contributed by atoms with Crippen LogP contribution < -0.4 is 15.6 Å². The van der Waals surface area contributed by atoms with Gasteiger partial charge < -0.3 is 4.74 Å². The number of aryl methyl sites for hydroxylation is 1. The van der Waals surface area contributed by atoms with Crippen LogP contribution in [0.5, 0.6) is 5.88 Å². The van der Waals surface area contributed by atoms with E-state index in [9.17, 15) is 9.59 Å². The Morgan fingerprint density at radius 1 is 1.32 bits per heavy atom. The Bertz CT molecular complexity index is 1110. The summed E-state index contributed by atoms with van der Waals surface area (Å²) in [4.78, 5) is 33.2. The average Bonchev–Trinajstić information content (AvgIpc) is 3.35. The van der Waals surface area contributed by atoms with E-state index >= 15 is 0 Å². The van der Waals surface area contributed by atoms with Crippen molar-refractivity contribution < 1.29 is 9.53 Å². The van der Waals surface area contributed by atoms with Crippen LogP contribution in [0.3, 0.4) is 0 Å². The predicted octanol–water partition coefficient (Wildman–Crippen LogP) is 2.68. The number of hydrogen-bond acceptors (Lipinski definition) is 6. The fraction of sp³-hybridized carbons (Fsp3) is 0.316. The third-order valence-corrected chi connectivity index (χ3v) is 5.01. The first-order valence-electron chi connectivity index (χ1n) is 8.86. The van der Waals surface area contributed by atoms with Gasteiger partial charge >= 0.3 is 0 Å². The van der Waals surface area contributed by atoms with E-state index in [1.54, 1.807) is 30.6 Å². The van der Waals surface area contributed by atoms with Gasteiger partial charge in [-0.05, 0) is 43.0 Å². The second-order valence-electron chi connectivity index (χ2n) is 6.96. The molecule has 144 valence electrons. The molecule has 2 aromatic heterocycles. The Morgan fingerprint density at radius 3 is 2.71 bits per heavy atom. The lowest BCUT2D eigenvalue weighted by Crippen LogP contribution is -2.30. The molecule has 0 unspecified atom stereocenters. The molecule has 1 amide bonds. The van der Waals surface area contributed by atoms with E-state index < -0.39 is 5.91 Å². The first-order chi connectivity index (χ1) is 13.4. The van der Waals surface area contributed by atoms with E-state index in [-0.39, 0.29) is 24.2 Å². The molecule has 8 nitrogen and oxygen atoms in total. The normalized spacial score (nSPS) is 18.1. The lowest BCUT2D eigenvalue weighted by atomic mass is 10.2. The maximum absolute atomic E-state index is 12.8. The van der Waals surface area contributed by atoms with Crippen LogP contribution in [0.15, 0.2) is 39.9 Å². The van der Waals surface area contributed by atoms with Crippen LogP contribution in [0.4, 0.5) is 5.95 Å². The number of amides is 1. The summed E-state index contributed by atoms with van der Waals surface area (Å²) in [6.45, 7) is 3.68. The summed E-state index contributed by atoms with van der Waals surface area (Å²) in [7, 11) is 0. The highest BCUT2D eigenvalue weighted by atomic mass is 79.9. The van der Waals surface area contributed by atoms with Crippen molar-refractivity contribution in [3.05, 3.63) is 51.0 Å². The number of nitrogens with one attached hydrogen (secondary N) is 1. The molecule has 0 saturated heterocycles. The number of ether oxygens (including phenoxy) is 1. The lowest BCUT2D eigenvalue weighted by molar-refractivity contribution is -0.117. The van der Waals surface area contributed by atoms with Gasteiger partial charge in [-0.15, -0.1) is 5.10 Å². The Balaban J connectivity index is 1.65. The summed E-state index contributed by atoms with van der Waals surface area (Å²) in [6, 6.07) is 5.28. The smallest absolute Gasteiger partial charge is 0.275 e. The van der Waals surface area contributed by atoms with Crippen molar-refractivity contribution in [2.45, 2.75) is 32.9 Å². The Morgan fingerprint density at radius 2 is 2.04 bits per heavy atom. The summed E-state index contributed by atoms with van der Waals surface area (Å²) in [5.74, 6) is 0.535. The molecule has 1 aliphatic carbocycles. The lowest BCUT2D eigenvalue weighted by Gasteiger charge is -2.12. The first kappa shape index (κ1) is 18.5. The Labute approximate surface area is 169 Å². The van der Waals surface area contributed by atoms with Gasteiger partial charge in [-0.2, -0.15) is 0 Å². The van der Waals surface area contributed by atoms with Crippen molar-refractivity contribution in [2.24, 2.45) is 5.92 Å². The molecule has 3 aromatic rings. The SMILES string of the molecule is Cc1cnc(NC(=O)Cn2nc(O[C@@H]3C[C@@H]3C)c3cc(Br)ccc3c2=O)nc1. The molecule has 2 atom stereocenters. The molecule has 1 aliphatic rings. The van der Waals surface area contributed by atoms with Gasteiger partial charge in [-0.25, -0.2) is 14.6 Å². The first-order valence-corrected chi connectivity index (χ1v) is 9.65. The van der Waals surface area contributed by atoms with Gasteiger partial charge in [0, 0.05) is 16.9 Å². The quantitative estimate of drug-likeness (QED) is 0.650. The van der Waals surface area contributed by atoms with E-state index in [2.05, 4.69) is 43.2 Å². The molecule has 1 N–H and O–H groups in total. The van der Waals surface area contributed by atoms with Gasteiger partial charge in [0.1, 0.15) is 12.6 Å². The molecule has 0 bridgehead atoms. The van der Waals surface area contributed by atoms with E-state index in [1.165, 1.54) is 0 Å². The Kier molecular flexibility index (Phi) is 4.84. The molecular weight excluding hydrogens is 426 g/mol. The molecule has 0 spiro atoms. The maximum atomic E-state index is 12.8. The van der Waals surface area contributed by atoms with Crippen molar-refractivity contribution in [3.8, 4) is 5.88 Å². The van der Waals surface area contributed by atoms with Crippen LogP contribution in [0, 0.1) is 12.8 Å². The Hall–Kier alpha value is -2.81. The van der Waals surface area contributed by atoms with E-state index in [0.29, 0.717) is 22.6 Å². The van der Waals surface area contributed by atoms with Crippen LogP contribution >= 0.6 is 15.9 Å². The molecule has 9 heteroatoms. The maximum Gasteiger partial charge on any atom is 0.275 e. The topological polar surface area (TPSA) is 99.0 Å². The summed E-state index contributed by atoms with van der Waals surface area (Å²) < 4.78 is 7.90. The van der Waals surface area contributed by atoms with Gasteiger partial charge in [-0.1, -0.05) is 22.9 Å². The number of benzene rings is 1. The second-order valence-corrected chi connectivity index (χ2v) is 7.88. The number of carbonyl (C=O) groups is 1. The zero-order valence-electron chi connectivity index (χ0n) is 15.3. The zero-order chi connectivity index (χ0) is 19.8. The average molecular weight is 444 g/mol. The number of fused-ring (bicyclic) bond motifs is 1. The van der Waals surface area contributed by atoms with Crippen molar-refractivity contribution in [3.63, 3.8) is 0 Å². The molecule has 28 heavy (non-hydrogen) atoms. The van der Waals surface area contributed by atoms with Crippen LogP contribution in [-0.4, -0.2) is 31.8 Å². The van der Waals surface area contributed by atoms with Gasteiger partial charge in [0.25, 0.3) is 5.56 Å². The van der Waals surface area contributed by atoms with E-state index in [0.717, 1.165) is 21.1 Å². The standard InChI is InChI=1S/C19H18BrN5O3/c1-10-7-21-19(22-8-10)23-16(26)9-25-18(27)13-4-3-12(20)6-14(13)17(24-25)28-15-5-11(15)2/h3-4,6-8,11,15H,5,9H2,1-2H3,(H,21,22,23,26)/t11-,15+/m0/s1. The van der Waals surface area contributed by atoms with Gasteiger partial charge in [0.05, 0.1) is 10.8 Å². The molecular formula is C19H18BrN5O3. The van der Waals surface area contributed by atoms with Crippen LogP contribution in [0.2, 0.25) is 0 Å². The second kappa shape index (κ2) is 7.31. The van der Waals surface area contributed by atoms with Crippen molar-refractivity contribution in [1.29, 1.82) is 0 Å². The molecule has 0 radical (unpaired) electrons. The number of aromatic nitrogens is 4. The van der Waals surface area contributed by atoms with Crippen molar-refractivity contribution >= 4 is 38.6 Å². The number of anilines is 1. The minimum absolute atomic E-state index is 0.0791. The molecule has 2 heterocycles. The molecule has 1 fully saturated rings. The van der Waals surface area contributed by atoms with Gasteiger partial charge in [0.15, 0.2) is 0 Å².